The summed E-state index contributed by atoms with van der Waals surface area (Å²) in [6, 6.07) is 1.73. The smallest absolute Gasteiger partial charge is 0.255 e. The minimum Gasteiger partial charge on any atom is -0.377 e. The van der Waals surface area contributed by atoms with Gasteiger partial charge in [-0.05, 0) is 31.2 Å². The maximum Gasteiger partial charge on any atom is 0.255 e. The first-order valence-corrected chi connectivity index (χ1v) is 8.54. The molecule has 1 spiro atoms. The van der Waals surface area contributed by atoms with E-state index in [4.69, 9.17) is 4.74 Å². The number of aromatic nitrogens is 2. The summed E-state index contributed by atoms with van der Waals surface area (Å²) >= 11 is 1.98. The fourth-order valence-corrected chi connectivity index (χ4v) is 4.63. The van der Waals surface area contributed by atoms with Crippen molar-refractivity contribution in [1.82, 2.24) is 15.1 Å². The zero-order valence-corrected chi connectivity index (χ0v) is 12.7. The number of carbonyl (C=O) groups is 1. The lowest BCUT2D eigenvalue weighted by atomic mass is 9.92. The third kappa shape index (κ3) is 2.79. The lowest BCUT2D eigenvalue weighted by molar-refractivity contribution is 0.0286. The number of thioether (sulfide) groups is 1. The van der Waals surface area contributed by atoms with Crippen LogP contribution in [0.3, 0.4) is 0 Å². The van der Waals surface area contributed by atoms with E-state index in [0.29, 0.717) is 11.7 Å². The molecule has 5 nitrogen and oxygen atoms in total. The third-order valence-corrected chi connectivity index (χ3v) is 6.09. The molecule has 1 atom stereocenters. The molecular weight excluding hydrogens is 286 g/mol. The highest BCUT2D eigenvalue weighted by Gasteiger charge is 2.51. The second-order valence-corrected chi connectivity index (χ2v) is 7.88. The van der Waals surface area contributed by atoms with Gasteiger partial charge in [-0.2, -0.15) is 10.2 Å². The van der Waals surface area contributed by atoms with E-state index in [9.17, 15) is 4.79 Å². The minimum atomic E-state index is 0.0680. The van der Waals surface area contributed by atoms with Crippen LogP contribution in [-0.4, -0.2) is 57.3 Å². The van der Waals surface area contributed by atoms with Gasteiger partial charge in [0.15, 0.2) is 0 Å². The van der Waals surface area contributed by atoms with Crippen molar-refractivity contribution in [2.45, 2.75) is 30.1 Å². The van der Waals surface area contributed by atoms with E-state index in [1.54, 1.807) is 12.3 Å². The summed E-state index contributed by atoms with van der Waals surface area (Å²) in [5, 5.41) is 7.48. The van der Waals surface area contributed by atoms with E-state index in [-0.39, 0.29) is 10.7 Å². The van der Waals surface area contributed by atoms with Gasteiger partial charge in [-0.3, -0.25) is 4.79 Å². The van der Waals surface area contributed by atoms with Crippen LogP contribution in [0.2, 0.25) is 0 Å². The van der Waals surface area contributed by atoms with Crippen molar-refractivity contribution in [2.24, 2.45) is 5.92 Å². The van der Waals surface area contributed by atoms with Crippen molar-refractivity contribution < 1.29 is 9.53 Å². The SMILES string of the molecule is O=C(c1ccnnc1)N1CC2(CC(OCC3CC3)CS2)C1. The van der Waals surface area contributed by atoms with Crippen molar-refractivity contribution in [2.75, 3.05) is 25.4 Å². The second kappa shape index (κ2) is 5.25. The van der Waals surface area contributed by atoms with Gasteiger partial charge in [0.05, 0.1) is 28.8 Å². The number of rotatable bonds is 4. The van der Waals surface area contributed by atoms with Gasteiger partial charge in [0.25, 0.3) is 5.91 Å². The zero-order chi connectivity index (χ0) is 14.3. The highest BCUT2D eigenvalue weighted by atomic mass is 32.2. The molecule has 3 heterocycles. The van der Waals surface area contributed by atoms with Crippen LogP contribution < -0.4 is 0 Å². The van der Waals surface area contributed by atoms with Crippen LogP contribution in [-0.2, 0) is 4.74 Å². The molecule has 6 heteroatoms. The Morgan fingerprint density at radius 1 is 1.43 bits per heavy atom. The van der Waals surface area contributed by atoms with Crippen molar-refractivity contribution >= 4 is 17.7 Å². The Morgan fingerprint density at radius 2 is 2.29 bits per heavy atom. The molecule has 1 amide bonds. The molecule has 2 aliphatic heterocycles. The van der Waals surface area contributed by atoms with Crippen molar-refractivity contribution in [3.63, 3.8) is 0 Å². The maximum absolute atomic E-state index is 12.3. The summed E-state index contributed by atoms with van der Waals surface area (Å²) in [4.78, 5) is 14.2. The normalized spacial score (nSPS) is 26.9. The van der Waals surface area contributed by atoms with Crippen LogP contribution >= 0.6 is 11.8 Å². The Balaban J connectivity index is 1.29. The molecule has 1 saturated carbocycles. The first-order chi connectivity index (χ1) is 10.2. The fourth-order valence-electron chi connectivity index (χ4n) is 3.08. The number of hydrogen-bond donors (Lipinski definition) is 0. The number of likely N-dealkylation sites (tertiary alicyclic amines) is 1. The third-order valence-electron chi connectivity index (χ3n) is 4.52. The molecule has 4 rings (SSSR count). The van der Waals surface area contributed by atoms with E-state index >= 15 is 0 Å². The van der Waals surface area contributed by atoms with Crippen molar-refractivity contribution in [1.29, 1.82) is 0 Å². The van der Waals surface area contributed by atoms with Gasteiger partial charge >= 0.3 is 0 Å². The van der Waals surface area contributed by atoms with Crippen LogP contribution in [0.15, 0.2) is 18.5 Å². The minimum absolute atomic E-state index is 0.0680. The standard InChI is InChI=1S/C15H19N3O2S/c19-14(12-3-4-16-17-6-12)18-9-15(10-18)5-13(8-21-15)20-7-11-1-2-11/h3-4,6,11,13H,1-2,5,7-10H2. The maximum atomic E-state index is 12.3. The van der Waals surface area contributed by atoms with Gasteiger partial charge in [0, 0.05) is 25.4 Å². The topological polar surface area (TPSA) is 55.3 Å². The van der Waals surface area contributed by atoms with Gasteiger partial charge in [0.1, 0.15) is 0 Å². The molecule has 0 aromatic carbocycles. The molecule has 0 N–H and O–H groups in total. The average Bonchev–Trinajstić information content (AvgIpc) is 3.22. The van der Waals surface area contributed by atoms with E-state index in [1.807, 2.05) is 16.7 Å². The Kier molecular flexibility index (Phi) is 3.38. The van der Waals surface area contributed by atoms with Crippen LogP contribution in [0.4, 0.5) is 0 Å². The molecule has 1 aliphatic carbocycles. The molecule has 112 valence electrons. The van der Waals surface area contributed by atoms with E-state index in [2.05, 4.69) is 10.2 Å². The van der Waals surface area contributed by atoms with E-state index < -0.39 is 0 Å². The van der Waals surface area contributed by atoms with E-state index in [0.717, 1.165) is 37.8 Å². The summed E-state index contributed by atoms with van der Waals surface area (Å²) in [5.41, 5.74) is 0.629. The predicted octanol–water partition coefficient (Wildman–Crippen LogP) is 1.60. The number of carbonyl (C=O) groups excluding carboxylic acids is 1. The number of hydrogen-bond acceptors (Lipinski definition) is 5. The number of nitrogens with zero attached hydrogens (tertiary/aromatic N) is 3. The summed E-state index contributed by atoms with van der Waals surface area (Å²) in [7, 11) is 0. The molecule has 0 radical (unpaired) electrons. The molecular formula is C15H19N3O2S. The summed E-state index contributed by atoms with van der Waals surface area (Å²) in [6.45, 7) is 2.61. The monoisotopic (exact) mass is 305 g/mol. The van der Waals surface area contributed by atoms with Gasteiger partial charge in [-0.25, -0.2) is 0 Å². The molecule has 0 bridgehead atoms. The van der Waals surface area contributed by atoms with Gasteiger partial charge in [-0.15, -0.1) is 11.8 Å². The Bertz CT molecular complexity index is 529. The molecule has 2 saturated heterocycles. The molecule has 3 aliphatic rings. The van der Waals surface area contributed by atoms with Crippen LogP contribution in [0, 0.1) is 5.92 Å². The Hall–Kier alpha value is -1.14. The summed E-state index contributed by atoms with van der Waals surface area (Å²) in [5.74, 6) is 1.97. The lowest BCUT2D eigenvalue weighted by Gasteiger charge is -2.47. The van der Waals surface area contributed by atoms with Gasteiger partial charge in [0.2, 0.25) is 0 Å². The van der Waals surface area contributed by atoms with Gasteiger partial charge in [-0.1, -0.05) is 0 Å². The lowest BCUT2D eigenvalue weighted by Crippen LogP contribution is -2.60. The number of amides is 1. The van der Waals surface area contributed by atoms with Crippen LogP contribution in [0.1, 0.15) is 29.6 Å². The highest BCUT2D eigenvalue weighted by Crippen LogP contribution is 2.46. The van der Waals surface area contributed by atoms with Crippen molar-refractivity contribution in [3.8, 4) is 0 Å². The first kappa shape index (κ1) is 13.5. The summed E-state index contributed by atoms with van der Waals surface area (Å²) in [6.07, 6.45) is 7.25. The quantitative estimate of drug-likeness (QED) is 0.846. The fraction of sp³-hybridized carbons (Fsp3) is 0.667. The van der Waals surface area contributed by atoms with Crippen molar-refractivity contribution in [3.05, 3.63) is 24.0 Å². The summed E-state index contributed by atoms with van der Waals surface area (Å²) < 4.78 is 6.24. The first-order valence-electron chi connectivity index (χ1n) is 7.56. The van der Waals surface area contributed by atoms with E-state index in [1.165, 1.54) is 19.0 Å². The molecule has 3 fully saturated rings. The average molecular weight is 305 g/mol. The molecule has 21 heavy (non-hydrogen) atoms. The second-order valence-electron chi connectivity index (χ2n) is 6.39. The molecule has 1 aromatic heterocycles. The zero-order valence-electron chi connectivity index (χ0n) is 11.9. The van der Waals surface area contributed by atoms with Crippen LogP contribution in [0.25, 0.3) is 0 Å². The highest BCUT2D eigenvalue weighted by molar-refractivity contribution is 8.01. The molecule has 1 aromatic rings. The largest absolute Gasteiger partial charge is 0.377 e. The predicted molar refractivity (Wildman–Crippen MR) is 80.2 cm³/mol. The Labute approximate surface area is 128 Å². The Morgan fingerprint density at radius 3 is 3.00 bits per heavy atom. The molecule has 1 unspecified atom stereocenters. The number of ether oxygens (including phenoxy) is 1. The van der Waals surface area contributed by atoms with Crippen LogP contribution in [0.5, 0.6) is 0 Å². The van der Waals surface area contributed by atoms with Gasteiger partial charge < -0.3 is 9.64 Å².